The number of hydrogen-bond acceptors (Lipinski definition) is 7. The van der Waals surface area contributed by atoms with Crippen LogP contribution in [0.15, 0.2) is 53.4 Å². The number of sulfonamides is 2. The Morgan fingerprint density at radius 1 is 1.00 bits per heavy atom. The highest BCUT2D eigenvalue weighted by Gasteiger charge is 2.26. The highest BCUT2D eigenvalue weighted by Crippen LogP contribution is 2.20. The van der Waals surface area contributed by atoms with Gasteiger partial charge in [0.2, 0.25) is 20.0 Å². The predicted octanol–water partition coefficient (Wildman–Crippen LogP) is 0.888. The number of hydrogen-bond donors (Lipinski definition) is 2. The molecule has 0 aromatic heterocycles. The third kappa shape index (κ3) is 6.66. The number of amides is 1. The molecule has 1 heterocycles. The van der Waals surface area contributed by atoms with E-state index in [0.29, 0.717) is 43.3 Å². The van der Waals surface area contributed by atoms with E-state index in [1.165, 1.54) is 40.7 Å². The van der Waals surface area contributed by atoms with Crippen molar-refractivity contribution in [2.24, 2.45) is 0 Å². The molecule has 2 N–H and O–H groups in total. The number of rotatable bonds is 9. The summed E-state index contributed by atoms with van der Waals surface area (Å²) in [6.07, 6.45) is 1.05. The first-order chi connectivity index (χ1) is 15.1. The second kappa shape index (κ2) is 10.3. The molecule has 2 aromatic carbocycles. The second-order valence-electron chi connectivity index (χ2n) is 7.04. The average Bonchev–Trinajstić information content (AvgIpc) is 2.77. The van der Waals surface area contributed by atoms with Gasteiger partial charge in [-0.05, 0) is 48.5 Å². The molecular weight excluding hydrogens is 458 g/mol. The molecule has 0 aliphatic carbocycles. The zero-order valence-electron chi connectivity index (χ0n) is 17.5. The van der Waals surface area contributed by atoms with Crippen molar-refractivity contribution in [2.45, 2.75) is 4.90 Å². The molecule has 0 atom stereocenters. The Kier molecular flexibility index (Phi) is 7.72. The van der Waals surface area contributed by atoms with Gasteiger partial charge in [0.05, 0.1) is 30.9 Å². The minimum atomic E-state index is -3.56. The van der Waals surface area contributed by atoms with E-state index in [0.717, 1.165) is 6.26 Å². The fourth-order valence-electron chi connectivity index (χ4n) is 2.98. The van der Waals surface area contributed by atoms with E-state index in [1.807, 2.05) is 0 Å². The third-order valence-corrected chi connectivity index (χ3v) is 7.06. The van der Waals surface area contributed by atoms with E-state index in [1.54, 1.807) is 12.1 Å². The van der Waals surface area contributed by atoms with Crippen molar-refractivity contribution in [3.05, 3.63) is 54.1 Å². The summed E-state index contributed by atoms with van der Waals surface area (Å²) >= 11 is 0. The Morgan fingerprint density at radius 2 is 1.62 bits per heavy atom. The van der Waals surface area contributed by atoms with Crippen LogP contribution in [-0.2, 0) is 24.8 Å². The summed E-state index contributed by atoms with van der Waals surface area (Å²) in [6, 6.07) is 12.1. The molecule has 0 spiro atoms. The first kappa shape index (κ1) is 24.0. The molecular formula is C20H25N3O7S2. The van der Waals surface area contributed by atoms with Crippen LogP contribution in [0.4, 0.5) is 5.69 Å². The minimum absolute atomic E-state index is 0.189. The zero-order valence-corrected chi connectivity index (χ0v) is 19.1. The fraction of sp³-hybridized carbons (Fsp3) is 0.350. The standard InChI is InChI=1S/C20H25N3O7S2/c1-31(25,26)22-17-4-2-16(3-5-17)20(24)21-10-13-30-18-6-8-19(9-7-18)32(27,28)23-11-14-29-15-12-23/h2-9,22H,10-15H2,1H3,(H,21,24). The molecule has 1 aliphatic rings. The van der Waals surface area contributed by atoms with Gasteiger partial charge < -0.3 is 14.8 Å². The summed E-state index contributed by atoms with van der Waals surface area (Å²) in [7, 11) is -6.94. The SMILES string of the molecule is CS(=O)(=O)Nc1ccc(C(=O)NCCOc2ccc(S(=O)(=O)N3CCOCC3)cc2)cc1. The minimum Gasteiger partial charge on any atom is -0.492 e. The second-order valence-corrected chi connectivity index (χ2v) is 10.7. The molecule has 2 aromatic rings. The number of anilines is 1. The van der Waals surface area contributed by atoms with Crippen molar-refractivity contribution in [1.82, 2.24) is 9.62 Å². The lowest BCUT2D eigenvalue weighted by molar-refractivity contribution is 0.0730. The van der Waals surface area contributed by atoms with E-state index in [2.05, 4.69) is 10.0 Å². The van der Waals surface area contributed by atoms with Gasteiger partial charge in [-0.2, -0.15) is 4.31 Å². The van der Waals surface area contributed by atoms with E-state index < -0.39 is 20.0 Å². The highest BCUT2D eigenvalue weighted by molar-refractivity contribution is 7.92. The van der Waals surface area contributed by atoms with Crippen LogP contribution in [-0.4, -0.2) is 72.8 Å². The van der Waals surface area contributed by atoms with Crippen molar-refractivity contribution < 1.29 is 31.1 Å². The Morgan fingerprint density at radius 3 is 2.22 bits per heavy atom. The number of morpholine rings is 1. The number of carbonyl (C=O) groups is 1. The van der Waals surface area contributed by atoms with Crippen molar-refractivity contribution in [3.8, 4) is 5.75 Å². The van der Waals surface area contributed by atoms with Gasteiger partial charge in [0, 0.05) is 24.3 Å². The Labute approximate surface area is 187 Å². The van der Waals surface area contributed by atoms with Crippen LogP contribution in [0, 0.1) is 0 Å². The van der Waals surface area contributed by atoms with E-state index in [4.69, 9.17) is 9.47 Å². The van der Waals surface area contributed by atoms with Gasteiger partial charge >= 0.3 is 0 Å². The molecule has 0 bridgehead atoms. The smallest absolute Gasteiger partial charge is 0.251 e. The monoisotopic (exact) mass is 483 g/mol. The van der Waals surface area contributed by atoms with Gasteiger partial charge in [-0.25, -0.2) is 16.8 Å². The molecule has 1 saturated heterocycles. The van der Waals surface area contributed by atoms with Crippen LogP contribution >= 0.6 is 0 Å². The molecule has 0 unspecified atom stereocenters. The highest BCUT2D eigenvalue weighted by atomic mass is 32.2. The Bertz CT molecular complexity index is 1130. The number of carbonyl (C=O) groups excluding carboxylic acids is 1. The summed E-state index contributed by atoms with van der Waals surface area (Å²) in [6.45, 7) is 1.85. The molecule has 174 valence electrons. The molecule has 12 heteroatoms. The van der Waals surface area contributed by atoms with Gasteiger partial charge in [0.1, 0.15) is 12.4 Å². The molecule has 32 heavy (non-hydrogen) atoms. The predicted molar refractivity (Wildman–Crippen MR) is 119 cm³/mol. The summed E-state index contributed by atoms with van der Waals surface area (Å²) in [5, 5.41) is 2.70. The molecule has 1 aliphatic heterocycles. The molecule has 0 saturated carbocycles. The van der Waals surface area contributed by atoms with E-state index >= 15 is 0 Å². The lowest BCUT2D eigenvalue weighted by atomic mass is 10.2. The van der Waals surface area contributed by atoms with Crippen LogP contribution in [0.5, 0.6) is 5.75 Å². The Balaban J connectivity index is 1.46. The number of nitrogens with one attached hydrogen (secondary N) is 2. The molecule has 1 fully saturated rings. The topological polar surface area (TPSA) is 131 Å². The van der Waals surface area contributed by atoms with Gasteiger partial charge in [-0.1, -0.05) is 0 Å². The fourth-order valence-corrected chi connectivity index (χ4v) is 4.96. The molecule has 0 radical (unpaired) electrons. The van der Waals surface area contributed by atoms with Gasteiger partial charge in [0.15, 0.2) is 0 Å². The third-order valence-electron chi connectivity index (χ3n) is 4.54. The van der Waals surface area contributed by atoms with Crippen molar-refractivity contribution in [2.75, 3.05) is 50.4 Å². The molecule has 3 rings (SSSR count). The van der Waals surface area contributed by atoms with Crippen molar-refractivity contribution in [1.29, 1.82) is 0 Å². The quantitative estimate of drug-likeness (QED) is 0.507. The maximum atomic E-state index is 12.6. The van der Waals surface area contributed by atoms with E-state index in [9.17, 15) is 21.6 Å². The maximum Gasteiger partial charge on any atom is 0.251 e. The number of ether oxygens (including phenoxy) is 2. The Hall–Kier alpha value is -2.67. The molecule has 1 amide bonds. The van der Waals surface area contributed by atoms with Crippen LogP contribution in [0.25, 0.3) is 0 Å². The van der Waals surface area contributed by atoms with Crippen LogP contribution in [0.3, 0.4) is 0 Å². The summed E-state index contributed by atoms with van der Waals surface area (Å²) in [4.78, 5) is 12.4. The average molecular weight is 484 g/mol. The lowest BCUT2D eigenvalue weighted by Crippen LogP contribution is -2.40. The van der Waals surface area contributed by atoms with Gasteiger partial charge in [-0.15, -0.1) is 0 Å². The van der Waals surface area contributed by atoms with Crippen LogP contribution in [0.2, 0.25) is 0 Å². The van der Waals surface area contributed by atoms with Crippen molar-refractivity contribution >= 4 is 31.6 Å². The van der Waals surface area contributed by atoms with Gasteiger partial charge in [-0.3, -0.25) is 9.52 Å². The zero-order chi connectivity index (χ0) is 23.2. The summed E-state index contributed by atoms with van der Waals surface area (Å²) in [5.41, 5.74) is 0.744. The largest absolute Gasteiger partial charge is 0.492 e. The van der Waals surface area contributed by atoms with E-state index in [-0.39, 0.29) is 24.0 Å². The van der Waals surface area contributed by atoms with Crippen molar-refractivity contribution in [3.63, 3.8) is 0 Å². The normalized spacial score (nSPS) is 15.2. The molecule has 10 nitrogen and oxygen atoms in total. The number of nitrogens with zero attached hydrogens (tertiary/aromatic N) is 1. The first-order valence-electron chi connectivity index (χ1n) is 9.82. The summed E-state index contributed by atoms with van der Waals surface area (Å²) < 4.78 is 62.1. The van der Waals surface area contributed by atoms with Crippen LogP contribution < -0.4 is 14.8 Å². The van der Waals surface area contributed by atoms with Crippen LogP contribution in [0.1, 0.15) is 10.4 Å². The van der Waals surface area contributed by atoms with Gasteiger partial charge in [0.25, 0.3) is 5.91 Å². The lowest BCUT2D eigenvalue weighted by Gasteiger charge is -2.26. The number of benzene rings is 2. The first-order valence-corrected chi connectivity index (χ1v) is 13.2. The summed E-state index contributed by atoms with van der Waals surface area (Å²) in [5.74, 6) is 0.155. The maximum absolute atomic E-state index is 12.6.